The maximum atomic E-state index is 7.64. The lowest BCUT2D eigenvalue weighted by Gasteiger charge is -2.07. The summed E-state index contributed by atoms with van der Waals surface area (Å²) in [6.45, 7) is 0. The van der Waals surface area contributed by atoms with Crippen LogP contribution in [0, 0.1) is 0 Å². The smallest absolute Gasteiger partial charge is 0.410 e. The molecule has 0 radical (unpaired) electrons. The van der Waals surface area contributed by atoms with Crippen molar-refractivity contribution in [2.24, 2.45) is 0 Å². The summed E-state index contributed by atoms with van der Waals surface area (Å²) in [5.41, 5.74) is 0.0102. The van der Waals surface area contributed by atoms with Crippen LogP contribution in [0.5, 0.6) is 0 Å². The molecule has 0 fully saturated rings. The Morgan fingerprint density at radius 3 is 2.18 bits per heavy atom. The lowest BCUT2D eigenvalue weighted by molar-refractivity contribution is 0.292. The molecule has 0 bridgehead atoms. The van der Waals surface area contributed by atoms with Gasteiger partial charge in [0.1, 0.15) is 0 Å². The van der Waals surface area contributed by atoms with Crippen molar-refractivity contribution in [3.8, 4) is 0 Å². The molecule has 1 rings (SSSR count). The van der Waals surface area contributed by atoms with Crippen LogP contribution in [0.3, 0.4) is 0 Å². The second-order valence-electron chi connectivity index (χ2n) is 1.84. The molecule has 2 nitrogen and oxygen atoms in total. The van der Waals surface area contributed by atoms with Crippen LogP contribution in [-0.2, 0) is 9.31 Å². The topological polar surface area (TPSA) is 18.5 Å². The molecule has 3 heteroatoms. The Balaban J connectivity index is 3.50. The number of benzene rings is 1. The Hall–Kier alpha value is -0.795. The number of rotatable bonds is 3. The maximum absolute atomic E-state index is 7.64. The number of hydrogen-bond acceptors (Lipinski definition) is 2. The lowest BCUT2D eigenvalue weighted by Crippen LogP contribution is -2.34. The molecule has 0 unspecified atom stereocenters. The normalized spacial score (nSPS) is 16.0. The minimum Gasteiger partial charge on any atom is -0.410 e. The van der Waals surface area contributed by atoms with Gasteiger partial charge < -0.3 is 9.31 Å². The van der Waals surface area contributed by atoms with E-state index in [0.29, 0.717) is 0 Å². The van der Waals surface area contributed by atoms with E-state index < -0.39 is 25.2 Å². The fourth-order valence-electron chi connectivity index (χ4n) is 0.709. The van der Waals surface area contributed by atoms with Gasteiger partial charge in [-0.3, -0.25) is 0 Å². The monoisotopic (exact) mass is 155 g/mol. The highest BCUT2D eigenvalue weighted by Crippen LogP contribution is 1.89. The predicted octanol–water partition coefficient (Wildman–Crippen LogP) is 0.675. The fourth-order valence-corrected chi connectivity index (χ4v) is 0.709. The summed E-state index contributed by atoms with van der Waals surface area (Å²) in [6, 6.07) is -1.82. The molecular formula is C8H11BO2. The van der Waals surface area contributed by atoms with E-state index >= 15 is 0 Å². The van der Waals surface area contributed by atoms with Crippen LogP contribution in [0.1, 0.15) is 6.85 Å². The predicted molar refractivity (Wildman–Crippen MR) is 45.8 cm³/mol. The van der Waals surface area contributed by atoms with Crippen molar-refractivity contribution in [2.75, 3.05) is 14.2 Å². The third-order valence-electron chi connectivity index (χ3n) is 1.18. The lowest BCUT2D eigenvalue weighted by atomic mass is 9.79. The van der Waals surface area contributed by atoms with Crippen molar-refractivity contribution in [3.05, 3.63) is 30.2 Å². The van der Waals surface area contributed by atoms with Crippen LogP contribution in [0.25, 0.3) is 0 Å². The molecule has 0 aromatic heterocycles. The molecule has 1 aromatic rings. The Morgan fingerprint density at radius 2 is 1.73 bits per heavy atom. The fraction of sp³-hybridized carbons (Fsp3) is 0.250. The zero-order valence-corrected chi connectivity index (χ0v) is 6.39. The highest BCUT2D eigenvalue weighted by atomic mass is 16.6. The highest BCUT2D eigenvalue weighted by Gasteiger charge is 2.15. The van der Waals surface area contributed by atoms with Crippen LogP contribution in [0.2, 0.25) is 0 Å². The van der Waals surface area contributed by atoms with Crippen molar-refractivity contribution in [2.45, 2.75) is 0 Å². The van der Waals surface area contributed by atoms with Gasteiger partial charge in [0.2, 0.25) is 0 Å². The van der Waals surface area contributed by atoms with Crippen LogP contribution >= 0.6 is 0 Å². The summed E-state index contributed by atoms with van der Waals surface area (Å²) in [5.74, 6) is 0. The Morgan fingerprint density at radius 1 is 1.18 bits per heavy atom. The molecule has 0 aliphatic rings. The zero-order valence-electron chi connectivity index (χ0n) is 11.4. The first-order valence-electron chi connectivity index (χ1n) is 5.58. The zero-order chi connectivity index (χ0) is 12.5. The standard InChI is InChI=1S/C8H11BO2/c1-10-9(11-2)8-6-4-3-5-7-8/h3-7H,1-2H3/i3D,4D,5D,6D,7D. The van der Waals surface area contributed by atoms with E-state index in [1.54, 1.807) is 0 Å². The van der Waals surface area contributed by atoms with Crippen molar-refractivity contribution in [1.82, 2.24) is 0 Å². The van der Waals surface area contributed by atoms with Gasteiger partial charge in [-0.05, 0) is 5.46 Å². The van der Waals surface area contributed by atoms with E-state index in [4.69, 9.17) is 16.2 Å². The Kier molecular flexibility index (Phi) is 1.41. The van der Waals surface area contributed by atoms with E-state index in [0.717, 1.165) is 0 Å². The van der Waals surface area contributed by atoms with E-state index in [1.165, 1.54) is 14.2 Å². The first-order chi connectivity index (χ1) is 7.45. The van der Waals surface area contributed by atoms with E-state index in [1.807, 2.05) is 0 Å². The molecule has 0 spiro atoms. The van der Waals surface area contributed by atoms with Crippen molar-refractivity contribution in [1.29, 1.82) is 0 Å². The molecule has 11 heavy (non-hydrogen) atoms. The van der Waals surface area contributed by atoms with Crippen LogP contribution < -0.4 is 5.46 Å². The summed E-state index contributed by atoms with van der Waals surface area (Å²) in [4.78, 5) is 0. The van der Waals surface area contributed by atoms with Gasteiger partial charge >= 0.3 is 7.12 Å². The molecule has 0 saturated heterocycles. The largest absolute Gasteiger partial charge is 0.493 e. The van der Waals surface area contributed by atoms with Crippen LogP contribution in [0.4, 0.5) is 0 Å². The average Bonchev–Trinajstić information content (AvgIpc) is 2.29. The summed E-state index contributed by atoms with van der Waals surface area (Å²) in [5, 5.41) is 0. The van der Waals surface area contributed by atoms with Crippen molar-refractivity contribution < 1.29 is 16.2 Å². The van der Waals surface area contributed by atoms with Gasteiger partial charge in [0.05, 0.1) is 6.85 Å². The number of hydrogen-bond donors (Lipinski definition) is 0. The van der Waals surface area contributed by atoms with Gasteiger partial charge in [-0.1, -0.05) is 30.2 Å². The second-order valence-corrected chi connectivity index (χ2v) is 1.84. The molecule has 58 valence electrons. The van der Waals surface area contributed by atoms with E-state index in [-0.39, 0.29) is 17.5 Å². The Bertz CT molecular complexity index is 379. The van der Waals surface area contributed by atoms with E-state index in [2.05, 4.69) is 0 Å². The molecule has 1 aromatic carbocycles. The van der Waals surface area contributed by atoms with Crippen LogP contribution in [0.15, 0.2) is 30.2 Å². The molecule has 0 N–H and O–H groups in total. The summed E-state index contributed by atoms with van der Waals surface area (Å²) in [7, 11) is 1.72. The SMILES string of the molecule is [2H]c1c([2H])c([2H])c(B(OC)OC)c([2H])c1[2H]. The highest BCUT2D eigenvalue weighted by molar-refractivity contribution is 6.61. The second kappa shape index (κ2) is 4.16. The molecule has 0 aliphatic heterocycles. The van der Waals surface area contributed by atoms with Gasteiger partial charge in [-0.25, -0.2) is 0 Å². The minimum atomic E-state index is -0.964. The maximum Gasteiger partial charge on any atom is 0.493 e. The van der Waals surface area contributed by atoms with Crippen molar-refractivity contribution in [3.63, 3.8) is 0 Å². The first-order valence-corrected chi connectivity index (χ1v) is 3.08. The van der Waals surface area contributed by atoms with Gasteiger partial charge in [0.15, 0.2) is 0 Å². The molecular weight excluding hydrogens is 139 g/mol. The van der Waals surface area contributed by atoms with Crippen molar-refractivity contribution >= 4 is 12.6 Å². The van der Waals surface area contributed by atoms with Crippen LogP contribution in [-0.4, -0.2) is 21.3 Å². The molecule has 0 saturated carbocycles. The average molecular weight is 155 g/mol. The molecule has 0 aliphatic carbocycles. The van der Waals surface area contributed by atoms with E-state index in [9.17, 15) is 0 Å². The summed E-state index contributed by atoms with van der Waals surface area (Å²) < 4.78 is 47.4. The Labute approximate surface area is 74.3 Å². The quantitative estimate of drug-likeness (QED) is 0.597. The summed E-state index contributed by atoms with van der Waals surface area (Å²) >= 11 is 0. The van der Waals surface area contributed by atoms with Gasteiger partial charge in [0.25, 0.3) is 0 Å². The summed E-state index contributed by atoms with van der Waals surface area (Å²) in [6.07, 6.45) is 0. The van der Waals surface area contributed by atoms with Gasteiger partial charge in [-0.15, -0.1) is 0 Å². The third-order valence-corrected chi connectivity index (χ3v) is 1.18. The molecule has 0 heterocycles. The molecule has 0 amide bonds. The molecule has 0 atom stereocenters. The first kappa shape index (κ1) is 3.74. The third kappa shape index (κ3) is 2.07. The van der Waals surface area contributed by atoms with Gasteiger partial charge in [-0.2, -0.15) is 0 Å². The minimum absolute atomic E-state index is 0.0102. The van der Waals surface area contributed by atoms with Gasteiger partial charge in [0, 0.05) is 14.2 Å².